The van der Waals surface area contributed by atoms with Crippen LogP contribution >= 0.6 is 0 Å². The zero-order valence-electron chi connectivity index (χ0n) is 17.4. The number of pyridine rings is 1. The van der Waals surface area contributed by atoms with Gasteiger partial charge in [0.2, 0.25) is 0 Å². The van der Waals surface area contributed by atoms with E-state index in [9.17, 15) is 0 Å². The molecule has 3 aromatic rings. The molecule has 0 radical (unpaired) electrons. The number of aromatic nitrogens is 1. The fourth-order valence-corrected chi connectivity index (χ4v) is 3.64. The van der Waals surface area contributed by atoms with E-state index in [-0.39, 0.29) is 0 Å². The van der Waals surface area contributed by atoms with Crippen LogP contribution in [0.4, 0.5) is 5.69 Å². The molecule has 0 N–H and O–H groups in total. The molecule has 29 heavy (non-hydrogen) atoms. The van der Waals surface area contributed by atoms with E-state index >= 15 is 0 Å². The quantitative estimate of drug-likeness (QED) is 0.599. The molecule has 0 unspecified atom stereocenters. The fraction of sp³-hybridized carbons (Fsp3) is 0.154. The van der Waals surface area contributed by atoms with Crippen LogP contribution < -0.4 is 4.90 Å². The molecule has 3 nitrogen and oxygen atoms in total. The molecular formula is C26H26N3+. The molecule has 2 aromatic carbocycles. The molecule has 0 aliphatic heterocycles. The summed E-state index contributed by atoms with van der Waals surface area (Å²) >= 11 is 0. The molecule has 0 atom stereocenters. The van der Waals surface area contributed by atoms with Gasteiger partial charge in [0, 0.05) is 43.5 Å². The average molecular weight is 381 g/mol. The number of fused-ring (bicyclic) bond motifs is 1. The molecule has 1 heterocycles. The van der Waals surface area contributed by atoms with Gasteiger partial charge in [-0.15, -0.1) is 0 Å². The molecule has 4 rings (SSSR count). The molecule has 1 aromatic heterocycles. The van der Waals surface area contributed by atoms with Crippen LogP contribution in [0.15, 0.2) is 90.7 Å². The maximum atomic E-state index is 4.56. The molecule has 1 aliphatic rings. The highest BCUT2D eigenvalue weighted by Crippen LogP contribution is 2.34. The summed E-state index contributed by atoms with van der Waals surface area (Å²) < 4.78 is 2.12. The molecule has 0 fully saturated rings. The maximum absolute atomic E-state index is 4.56. The van der Waals surface area contributed by atoms with Crippen molar-refractivity contribution < 1.29 is 4.58 Å². The Hall–Kier alpha value is -3.46. The van der Waals surface area contributed by atoms with E-state index in [4.69, 9.17) is 0 Å². The second-order valence-electron chi connectivity index (χ2n) is 7.63. The van der Waals surface area contributed by atoms with Crippen molar-refractivity contribution in [1.29, 1.82) is 0 Å². The van der Waals surface area contributed by atoms with Gasteiger partial charge in [-0.1, -0.05) is 30.3 Å². The van der Waals surface area contributed by atoms with E-state index in [2.05, 4.69) is 115 Å². The third-order valence-electron chi connectivity index (χ3n) is 5.26. The van der Waals surface area contributed by atoms with E-state index in [1.54, 1.807) is 0 Å². The van der Waals surface area contributed by atoms with Gasteiger partial charge < -0.3 is 4.90 Å². The Morgan fingerprint density at radius 3 is 2.17 bits per heavy atom. The fourth-order valence-electron chi connectivity index (χ4n) is 3.64. The minimum absolute atomic E-state index is 1.01. The second kappa shape index (κ2) is 7.88. The van der Waals surface area contributed by atoms with Crippen molar-refractivity contribution in [1.82, 2.24) is 4.98 Å². The van der Waals surface area contributed by atoms with Crippen LogP contribution in [0.2, 0.25) is 0 Å². The van der Waals surface area contributed by atoms with Crippen molar-refractivity contribution in [2.24, 2.45) is 0 Å². The van der Waals surface area contributed by atoms with Gasteiger partial charge >= 0.3 is 0 Å². The van der Waals surface area contributed by atoms with E-state index in [1.807, 2.05) is 12.3 Å². The molecule has 144 valence electrons. The van der Waals surface area contributed by atoms with Gasteiger partial charge in [0.25, 0.3) is 0 Å². The summed E-state index contributed by atoms with van der Waals surface area (Å²) in [6.07, 6.45) is 10.7. The lowest BCUT2D eigenvalue weighted by Gasteiger charge is -2.17. The highest BCUT2D eigenvalue weighted by atomic mass is 15.1. The minimum Gasteiger partial charge on any atom is -0.378 e. The first-order valence-corrected chi connectivity index (χ1v) is 9.81. The van der Waals surface area contributed by atoms with Crippen LogP contribution in [0.25, 0.3) is 16.5 Å². The molecular weight excluding hydrogens is 354 g/mol. The summed E-state index contributed by atoms with van der Waals surface area (Å²) in [6.45, 7) is 0. The summed E-state index contributed by atoms with van der Waals surface area (Å²) in [5.41, 5.74) is 8.21. The van der Waals surface area contributed by atoms with Crippen LogP contribution in [0.3, 0.4) is 0 Å². The minimum atomic E-state index is 1.01. The van der Waals surface area contributed by atoms with Crippen molar-refractivity contribution in [3.63, 3.8) is 0 Å². The smallest absolute Gasteiger partial charge is 0.199 e. The number of benzene rings is 2. The predicted octanol–water partition coefficient (Wildman–Crippen LogP) is 4.94. The SMILES string of the molecule is CN(C)c1ccc(C(=C2C=CC(=[N+](C)C)C=C2)c2ccnc3ccccc23)cc1. The highest BCUT2D eigenvalue weighted by molar-refractivity contribution is 6.05. The topological polar surface area (TPSA) is 19.1 Å². The first-order chi connectivity index (χ1) is 14.0. The van der Waals surface area contributed by atoms with Crippen LogP contribution in [-0.2, 0) is 0 Å². The van der Waals surface area contributed by atoms with Crippen LogP contribution in [-0.4, -0.2) is 43.5 Å². The Balaban J connectivity index is 1.96. The standard InChI is InChI=1S/C26H26N3/c1-28(2)21-13-9-19(10-14-21)26(20-11-15-22(16-12-20)29(3)4)24-17-18-27-25-8-6-5-7-23(24)25/h5-18H,1-4H3/q+1. The van der Waals surface area contributed by atoms with Crippen molar-refractivity contribution in [3.8, 4) is 0 Å². The molecule has 0 spiro atoms. The van der Waals surface area contributed by atoms with Gasteiger partial charge in [-0.2, -0.15) is 0 Å². The first kappa shape index (κ1) is 18.9. The third-order valence-corrected chi connectivity index (χ3v) is 5.26. The zero-order chi connectivity index (χ0) is 20.4. The molecule has 3 heteroatoms. The Bertz CT molecular complexity index is 1150. The highest BCUT2D eigenvalue weighted by Gasteiger charge is 2.15. The van der Waals surface area contributed by atoms with E-state index in [0.717, 1.165) is 5.52 Å². The number of hydrogen-bond acceptors (Lipinski definition) is 2. The van der Waals surface area contributed by atoms with Crippen molar-refractivity contribution in [3.05, 3.63) is 102 Å². The number of anilines is 1. The third kappa shape index (κ3) is 3.77. The first-order valence-electron chi connectivity index (χ1n) is 9.81. The summed E-state index contributed by atoms with van der Waals surface area (Å²) in [4.78, 5) is 6.68. The molecule has 0 saturated heterocycles. The second-order valence-corrected chi connectivity index (χ2v) is 7.63. The van der Waals surface area contributed by atoms with Crippen molar-refractivity contribution in [2.45, 2.75) is 0 Å². The van der Waals surface area contributed by atoms with Gasteiger partial charge in [-0.05, 0) is 58.7 Å². The van der Waals surface area contributed by atoms with Gasteiger partial charge in [0.05, 0.1) is 5.52 Å². The van der Waals surface area contributed by atoms with Crippen molar-refractivity contribution >= 4 is 27.9 Å². The van der Waals surface area contributed by atoms with Gasteiger partial charge in [-0.25, -0.2) is 4.58 Å². The number of hydrogen-bond donors (Lipinski definition) is 0. The van der Waals surface area contributed by atoms with Crippen LogP contribution in [0, 0.1) is 0 Å². The number of rotatable bonds is 3. The number of para-hydroxylation sites is 1. The monoisotopic (exact) mass is 380 g/mol. The molecule has 1 aliphatic carbocycles. The van der Waals surface area contributed by atoms with Gasteiger partial charge in [-0.3, -0.25) is 4.98 Å². The Labute approximate surface area is 172 Å². The average Bonchev–Trinajstić information content (AvgIpc) is 2.75. The Morgan fingerprint density at radius 2 is 1.52 bits per heavy atom. The largest absolute Gasteiger partial charge is 0.378 e. The lowest BCUT2D eigenvalue weighted by molar-refractivity contribution is -0.462. The number of allylic oxidation sites excluding steroid dienone is 5. The number of nitrogens with zero attached hydrogens (tertiary/aromatic N) is 3. The molecule has 0 bridgehead atoms. The molecule has 0 saturated carbocycles. The lowest BCUT2D eigenvalue weighted by Crippen LogP contribution is -2.10. The normalized spacial score (nSPS) is 13.1. The van der Waals surface area contributed by atoms with E-state index in [0.29, 0.717) is 0 Å². The van der Waals surface area contributed by atoms with Crippen molar-refractivity contribution in [2.75, 3.05) is 33.1 Å². The maximum Gasteiger partial charge on any atom is 0.199 e. The lowest BCUT2D eigenvalue weighted by atomic mass is 9.89. The molecule has 0 amide bonds. The zero-order valence-corrected chi connectivity index (χ0v) is 17.4. The van der Waals surface area contributed by atoms with E-state index < -0.39 is 0 Å². The van der Waals surface area contributed by atoms with E-state index in [1.165, 1.54) is 39.1 Å². The van der Waals surface area contributed by atoms with Crippen LogP contribution in [0.1, 0.15) is 11.1 Å². The summed E-state index contributed by atoms with van der Waals surface area (Å²) in [7, 11) is 8.26. The summed E-state index contributed by atoms with van der Waals surface area (Å²) in [5, 5.41) is 1.17. The van der Waals surface area contributed by atoms with Crippen LogP contribution in [0.5, 0.6) is 0 Å². The van der Waals surface area contributed by atoms with Gasteiger partial charge in [0.15, 0.2) is 5.71 Å². The predicted molar refractivity (Wildman–Crippen MR) is 124 cm³/mol. The van der Waals surface area contributed by atoms with Gasteiger partial charge in [0.1, 0.15) is 14.1 Å². The Kier molecular flexibility index (Phi) is 5.13. The summed E-state index contributed by atoms with van der Waals surface area (Å²) in [6, 6.07) is 19.2. The summed E-state index contributed by atoms with van der Waals surface area (Å²) in [5.74, 6) is 0. The Morgan fingerprint density at radius 1 is 0.828 bits per heavy atom.